The molecule has 3 saturated carbocycles. The lowest BCUT2D eigenvalue weighted by Gasteiger charge is -2.62. The largest absolute Gasteiger partial charge is 0.393 e. The maximum Gasteiger partial charge on any atom is 0.325 e. The predicted molar refractivity (Wildman–Crippen MR) is 86.5 cm³/mol. The highest BCUT2D eigenvalue weighted by molar-refractivity contribution is 5.84. The zero-order valence-corrected chi connectivity index (χ0v) is 14.9. The Kier molecular flexibility index (Phi) is 3.44. The smallest absolute Gasteiger partial charge is 0.325 e. The molecule has 4 aliphatic rings. The molecule has 4 fully saturated rings. The molecule has 4 rings (SSSR count). The number of rotatable bonds is 0. The minimum absolute atomic E-state index is 0.0384. The molecular formula is C19H29F2NO2. The quantitative estimate of drug-likeness (QED) is 0.733. The third-order valence-electron chi connectivity index (χ3n) is 8.47. The molecule has 136 valence electrons. The van der Waals surface area contributed by atoms with Crippen molar-refractivity contribution in [1.29, 1.82) is 0 Å². The van der Waals surface area contributed by atoms with Crippen LogP contribution in [0.5, 0.6) is 0 Å². The van der Waals surface area contributed by atoms with E-state index in [1.54, 1.807) is 7.05 Å². The molecule has 0 bridgehead atoms. The average molecular weight is 341 g/mol. The van der Waals surface area contributed by atoms with E-state index in [0.29, 0.717) is 11.8 Å². The molecular weight excluding hydrogens is 312 g/mol. The molecule has 1 aliphatic heterocycles. The van der Waals surface area contributed by atoms with Crippen LogP contribution in [-0.4, -0.2) is 41.0 Å². The van der Waals surface area contributed by atoms with E-state index in [4.69, 9.17) is 0 Å². The van der Waals surface area contributed by atoms with E-state index in [0.717, 1.165) is 38.5 Å². The van der Waals surface area contributed by atoms with Crippen LogP contribution in [-0.2, 0) is 4.79 Å². The minimum atomic E-state index is -3.24. The van der Waals surface area contributed by atoms with Gasteiger partial charge in [0, 0.05) is 19.5 Å². The molecule has 1 heterocycles. The second-order valence-corrected chi connectivity index (χ2v) is 9.41. The zero-order chi connectivity index (χ0) is 17.5. The number of hydrogen-bond acceptors (Lipinski definition) is 2. The summed E-state index contributed by atoms with van der Waals surface area (Å²) in [4.78, 5) is 13.4. The van der Waals surface area contributed by atoms with E-state index in [2.05, 4.69) is 6.92 Å². The predicted octanol–water partition coefficient (Wildman–Crippen LogP) is 3.46. The molecule has 0 unspecified atom stereocenters. The Labute approximate surface area is 142 Å². The highest BCUT2D eigenvalue weighted by Gasteiger charge is 2.65. The molecule has 3 aliphatic carbocycles. The first-order valence-corrected chi connectivity index (χ1v) is 9.44. The highest BCUT2D eigenvalue weighted by Crippen LogP contribution is 2.65. The number of nitrogens with zero attached hydrogens (tertiary/aromatic N) is 1. The summed E-state index contributed by atoms with van der Waals surface area (Å²) in [5.74, 6) is -3.14. The van der Waals surface area contributed by atoms with Gasteiger partial charge in [-0.15, -0.1) is 0 Å². The van der Waals surface area contributed by atoms with Crippen LogP contribution in [0.1, 0.15) is 58.8 Å². The van der Waals surface area contributed by atoms with Crippen LogP contribution in [0.25, 0.3) is 0 Å². The van der Waals surface area contributed by atoms with Gasteiger partial charge in [-0.3, -0.25) is 4.79 Å². The average Bonchev–Trinajstić information content (AvgIpc) is 2.80. The highest BCUT2D eigenvalue weighted by atomic mass is 19.3. The number of piperidine rings is 1. The Balaban J connectivity index is 1.69. The Morgan fingerprint density at radius 2 is 1.71 bits per heavy atom. The molecule has 0 spiro atoms. The van der Waals surface area contributed by atoms with Crippen molar-refractivity contribution >= 4 is 5.91 Å². The van der Waals surface area contributed by atoms with Crippen molar-refractivity contribution in [3.8, 4) is 0 Å². The van der Waals surface area contributed by atoms with Crippen LogP contribution < -0.4 is 0 Å². The van der Waals surface area contributed by atoms with Crippen molar-refractivity contribution in [3.63, 3.8) is 0 Å². The second-order valence-electron chi connectivity index (χ2n) is 9.41. The molecule has 24 heavy (non-hydrogen) atoms. The fraction of sp³-hybridized carbons (Fsp3) is 0.947. The summed E-state index contributed by atoms with van der Waals surface area (Å²) in [6, 6.07) is -0.0680. The van der Waals surface area contributed by atoms with Gasteiger partial charge in [-0.05, 0) is 67.1 Å². The van der Waals surface area contributed by atoms with E-state index in [1.807, 2.05) is 6.92 Å². The number of aliphatic hydroxyl groups is 1. The van der Waals surface area contributed by atoms with E-state index in [-0.39, 0.29) is 29.9 Å². The van der Waals surface area contributed by atoms with Gasteiger partial charge < -0.3 is 10.0 Å². The van der Waals surface area contributed by atoms with E-state index >= 15 is 0 Å². The number of alkyl halides is 2. The fourth-order valence-corrected chi connectivity index (χ4v) is 7.25. The normalized spacial score (nSPS) is 53.3. The maximum atomic E-state index is 14.4. The minimum Gasteiger partial charge on any atom is -0.393 e. The molecule has 0 aromatic carbocycles. The van der Waals surface area contributed by atoms with Crippen LogP contribution >= 0.6 is 0 Å². The van der Waals surface area contributed by atoms with E-state index < -0.39 is 17.2 Å². The maximum absolute atomic E-state index is 14.4. The van der Waals surface area contributed by atoms with Gasteiger partial charge in [-0.1, -0.05) is 13.8 Å². The number of carbonyl (C=O) groups excluding carboxylic acids is 1. The van der Waals surface area contributed by atoms with Crippen molar-refractivity contribution in [2.24, 2.45) is 28.6 Å². The lowest BCUT2D eigenvalue weighted by molar-refractivity contribution is -0.204. The van der Waals surface area contributed by atoms with Crippen LogP contribution in [0, 0.1) is 28.6 Å². The molecule has 5 heteroatoms. The number of fused-ring (bicyclic) bond motifs is 5. The summed E-state index contributed by atoms with van der Waals surface area (Å²) in [6.07, 6.45) is 4.96. The summed E-state index contributed by atoms with van der Waals surface area (Å²) < 4.78 is 28.8. The van der Waals surface area contributed by atoms with Crippen molar-refractivity contribution in [1.82, 2.24) is 4.90 Å². The summed E-state index contributed by atoms with van der Waals surface area (Å²) >= 11 is 0. The first-order valence-electron chi connectivity index (χ1n) is 9.44. The third-order valence-corrected chi connectivity index (χ3v) is 8.47. The van der Waals surface area contributed by atoms with Gasteiger partial charge in [-0.2, -0.15) is 8.78 Å². The molecule has 1 N–H and O–H groups in total. The molecule has 1 amide bonds. The lowest BCUT2D eigenvalue weighted by Crippen LogP contribution is -2.66. The molecule has 0 aromatic rings. The third kappa shape index (κ3) is 1.94. The van der Waals surface area contributed by atoms with Gasteiger partial charge in [0.1, 0.15) is 0 Å². The van der Waals surface area contributed by atoms with Gasteiger partial charge in [0.2, 0.25) is 0 Å². The van der Waals surface area contributed by atoms with Crippen LogP contribution in [0.4, 0.5) is 8.78 Å². The summed E-state index contributed by atoms with van der Waals surface area (Å²) in [5, 5.41) is 10.5. The van der Waals surface area contributed by atoms with Gasteiger partial charge >= 0.3 is 5.92 Å². The number of hydrogen-bond donors (Lipinski definition) is 1. The first kappa shape index (κ1) is 16.7. The van der Waals surface area contributed by atoms with Gasteiger partial charge in [0.25, 0.3) is 5.91 Å². The SMILES string of the molecule is CN1C(=O)C(F)(F)C[C@]2(C)[C@H]3CC[C@]4(C)[C@@H](O)CC[C@H]4[C@@H]3CC[C@@H]12. The zero-order valence-electron chi connectivity index (χ0n) is 14.9. The van der Waals surface area contributed by atoms with Crippen LogP contribution in [0.3, 0.4) is 0 Å². The Morgan fingerprint density at radius 3 is 2.42 bits per heavy atom. The number of carbonyl (C=O) groups is 1. The Morgan fingerprint density at radius 1 is 1.04 bits per heavy atom. The van der Waals surface area contributed by atoms with Gasteiger partial charge in [0.15, 0.2) is 0 Å². The molecule has 1 saturated heterocycles. The van der Waals surface area contributed by atoms with Crippen molar-refractivity contribution < 1.29 is 18.7 Å². The topological polar surface area (TPSA) is 40.5 Å². The van der Waals surface area contributed by atoms with Gasteiger partial charge in [0.05, 0.1) is 6.10 Å². The Bertz CT molecular complexity index is 568. The van der Waals surface area contributed by atoms with Gasteiger partial charge in [-0.25, -0.2) is 0 Å². The molecule has 0 radical (unpaired) electrons. The number of amides is 1. The molecule has 0 aromatic heterocycles. The molecule has 7 atom stereocenters. The summed E-state index contributed by atoms with van der Waals surface area (Å²) in [5.41, 5.74) is -0.548. The van der Waals surface area contributed by atoms with E-state index in [9.17, 15) is 18.7 Å². The standard InChI is InChI=1S/C19H29F2NO2/c1-17-9-8-13-11(12(17)5-7-15(17)23)4-6-14-18(13,2)10-19(20,21)16(24)22(14)3/h11-15,23H,4-10H2,1-3H3/t11-,12-,13-,14+,15-,17-,18+/m0/s1. The lowest BCUT2D eigenvalue weighted by atomic mass is 9.47. The van der Waals surface area contributed by atoms with Crippen molar-refractivity contribution in [2.75, 3.05) is 7.05 Å². The second kappa shape index (κ2) is 4.93. The van der Waals surface area contributed by atoms with Crippen molar-refractivity contribution in [3.05, 3.63) is 0 Å². The van der Waals surface area contributed by atoms with Crippen molar-refractivity contribution in [2.45, 2.75) is 76.9 Å². The number of aliphatic hydroxyl groups excluding tert-OH is 1. The van der Waals surface area contributed by atoms with E-state index in [1.165, 1.54) is 4.90 Å². The first-order chi connectivity index (χ1) is 11.1. The monoisotopic (exact) mass is 341 g/mol. The van der Waals surface area contributed by atoms with Crippen LogP contribution in [0.2, 0.25) is 0 Å². The number of likely N-dealkylation sites (tertiary alicyclic amines) is 1. The fourth-order valence-electron chi connectivity index (χ4n) is 7.25. The summed E-state index contributed by atoms with van der Waals surface area (Å²) in [7, 11) is 1.56. The molecule has 3 nitrogen and oxygen atoms in total. The Hall–Kier alpha value is -0.710. The van der Waals surface area contributed by atoms with Crippen LogP contribution in [0.15, 0.2) is 0 Å². The number of halogens is 2. The summed E-state index contributed by atoms with van der Waals surface area (Å²) in [6.45, 7) is 4.20.